The number of carbonyl (C=O) groups excluding carboxylic acids is 1. The molecule has 1 amide bonds. The first-order valence-electron chi connectivity index (χ1n) is 10.7. The van der Waals surface area contributed by atoms with E-state index in [9.17, 15) is 9.90 Å². The van der Waals surface area contributed by atoms with Crippen LogP contribution in [0.25, 0.3) is 0 Å². The average Bonchev–Trinajstić information content (AvgIpc) is 3.15. The van der Waals surface area contributed by atoms with Crippen LogP contribution in [0.1, 0.15) is 45.7 Å². The van der Waals surface area contributed by atoms with Gasteiger partial charge in [0.2, 0.25) is 5.91 Å². The van der Waals surface area contributed by atoms with Crippen LogP contribution in [0.15, 0.2) is 12.5 Å². The number of likely N-dealkylation sites (tertiary alicyclic amines) is 2. The maximum Gasteiger partial charge on any atom is 0.248 e. The van der Waals surface area contributed by atoms with Crippen molar-refractivity contribution in [2.45, 2.75) is 59.2 Å². The summed E-state index contributed by atoms with van der Waals surface area (Å²) in [6, 6.07) is 0. The summed E-state index contributed by atoms with van der Waals surface area (Å²) in [7, 11) is 0. The van der Waals surface area contributed by atoms with E-state index in [0.717, 1.165) is 52.0 Å². The van der Waals surface area contributed by atoms with Gasteiger partial charge >= 0.3 is 0 Å². The zero-order valence-electron chi connectivity index (χ0n) is 17.6. The number of amides is 1. The molecule has 2 saturated heterocycles. The number of aryl methyl sites for hydroxylation is 1. The van der Waals surface area contributed by atoms with E-state index in [4.69, 9.17) is 4.74 Å². The lowest BCUT2D eigenvalue weighted by atomic mass is 9.64. The van der Waals surface area contributed by atoms with Crippen LogP contribution in [0.5, 0.6) is 0 Å². The van der Waals surface area contributed by atoms with Gasteiger partial charge in [-0.05, 0) is 58.5 Å². The van der Waals surface area contributed by atoms with Crippen LogP contribution in [-0.2, 0) is 22.6 Å². The molecule has 2 fully saturated rings. The predicted octanol–water partition coefficient (Wildman–Crippen LogP) is 1.75. The summed E-state index contributed by atoms with van der Waals surface area (Å²) in [5, 5.41) is 10.1. The number of nitrogens with zero attached hydrogens (tertiary/aromatic N) is 4. The minimum absolute atomic E-state index is 0.0484. The van der Waals surface area contributed by atoms with Crippen molar-refractivity contribution >= 4 is 5.91 Å². The lowest BCUT2D eigenvalue weighted by molar-refractivity contribution is -0.144. The van der Waals surface area contributed by atoms with Gasteiger partial charge in [-0.3, -0.25) is 9.69 Å². The molecule has 0 saturated carbocycles. The standard InChI is InChI=1S/C21H36N4O3/c1-4-24-16-22-11-19(24)13-23-8-5-21(6-9-23)7-10-25(12-18(21)14-26)20(27)15-28-17(2)3/h11,16-18,26H,4-10,12-15H2,1-3H3/t18-/m1/s1. The molecule has 3 rings (SSSR count). The van der Waals surface area contributed by atoms with Crippen LogP contribution in [0.2, 0.25) is 0 Å². The number of aliphatic hydroxyl groups is 1. The Labute approximate surface area is 168 Å². The molecule has 1 atom stereocenters. The average molecular weight is 393 g/mol. The van der Waals surface area contributed by atoms with E-state index in [1.165, 1.54) is 5.69 Å². The Balaban J connectivity index is 1.54. The molecule has 7 heteroatoms. The quantitative estimate of drug-likeness (QED) is 0.766. The summed E-state index contributed by atoms with van der Waals surface area (Å²) in [5.74, 6) is 0.208. The van der Waals surface area contributed by atoms with Gasteiger partial charge in [0, 0.05) is 44.9 Å². The van der Waals surface area contributed by atoms with E-state index in [1.807, 2.05) is 31.3 Å². The summed E-state index contributed by atoms with van der Waals surface area (Å²) in [6.45, 7) is 11.7. The fourth-order valence-electron chi connectivity index (χ4n) is 4.73. The van der Waals surface area contributed by atoms with Crippen molar-refractivity contribution < 1.29 is 14.6 Å². The molecule has 1 spiro atoms. The molecule has 7 nitrogen and oxygen atoms in total. The summed E-state index contributed by atoms with van der Waals surface area (Å²) in [5.41, 5.74) is 1.43. The molecule has 158 valence electrons. The highest BCUT2D eigenvalue weighted by molar-refractivity contribution is 5.77. The second-order valence-electron chi connectivity index (χ2n) is 8.64. The number of ether oxygens (including phenoxy) is 1. The summed E-state index contributed by atoms with van der Waals surface area (Å²) < 4.78 is 7.68. The highest BCUT2D eigenvalue weighted by Crippen LogP contribution is 2.45. The zero-order valence-corrected chi connectivity index (χ0v) is 17.6. The van der Waals surface area contributed by atoms with Crippen molar-refractivity contribution in [3.05, 3.63) is 18.2 Å². The molecular formula is C21H36N4O3. The summed E-state index contributed by atoms with van der Waals surface area (Å²) >= 11 is 0. The molecule has 0 bridgehead atoms. The minimum atomic E-state index is 0.0484. The first-order valence-corrected chi connectivity index (χ1v) is 10.7. The van der Waals surface area contributed by atoms with Gasteiger partial charge in [-0.2, -0.15) is 0 Å². The smallest absolute Gasteiger partial charge is 0.248 e. The van der Waals surface area contributed by atoms with Gasteiger partial charge in [0.15, 0.2) is 0 Å². The van der Waals surface area contributed by atoms with Gasteiger partial charge < -0.3 is 19.3 Å². The maximum atomic E-state index is 12.4. The fourth-order valence-corrected chi connectivity index (χ4v) is 4.73. The second kappa shape index (κ2) is 9.37. The van der Waals surface area contributed by atoms with Gasteiger partial charge in [-0.15, -0.1) is 0 Å². The van der Waals surface area contributed by atoms with E-state index in [0.29, 0.717) is 6.54 Å². The van der Waals surface area contributed by atoms with Crippen molar-refractivity contribution in [3.63, 3.8) is 0 Å². The van der Waals surface area contributed by atoms with Crippen molar-refractivity contribution in [3.8, 4) is 0 Å². The molecule has 2 aliphatic rings. The van der Waals surface area contributed by atoms with Crippen LogP contribution in [0.3, 0.4) is 0 Å². The Hall–Kier alpha value is -1.44. The third-order valence-electron chi connectivity index (χ3n) is 6.68. The fraction of sp³-hybridized carbons (Fsp3) is 0.810. The normalized spacial score (nSPS) is 22.9. The van der Waals surface area contributed by atoms with Crippen LogP contribution >= 0.6 is 0 Å². The topological polar surface area (TPSA) is 70.8 Å². The number of hydrogen-bond donors (Lipinski definition) is 1. The maximum absolute atomic E-state index is 12.4. The number of carbonyl (C=O) groups is 1. The third kappa shape index (κ3) is 4.75. The van der Waals surface area contributed by atoms with Crippen LogP contribution in [-0.4, -0.2) is 75.9 Å². The highest BCUT2D eigenvalue weighted by Gasteiger charge is 2.45. The summed E-state index contributed by atoms with van der Waals surface area (Å²) in [4.78, 5) is 21.1. The Morgan fingerprint density at radius 1 is 1.32 bits per heavy atom. The van der Waals surface area contributed by atoms with E-state index in [1.54, 1.807) is 0 Å². The van der Waals surface area contributed by atoms with Gasteiger partial charge in [0.25, 0.3) is 0 Å². The largest absolute Gasteiger partial charge is 0.396 e. The molecule has 0 aliphatic carbocycles. The number of rotatable bonds is 7. The minimum Gasteiger partial charge on any atom is -0.396 e. The SMILES string of the molecule is CCn1cncc1CN1CCC2(CC1)CCN(C(=O)COC(C)C)C[C@@H]2CO. The second-order valence-corrected chi connectivity index (χ2v) is 8.64. The number of hydrogen-bond acceptors (Lipinski definition) is 5. The lowest BCUT2D eigenvalue weighted by Gasteiger charge is -2.51. The Morgan fingerprint density at radius 3 is 2.68 bits per heavy atom. The van der Waals surface area contributed by atoms with Crippen molar-refractivity contribution in [1.29, 1.82) is 0 Å². The predicted molar refractivity (Wildman–Crippen MR) is 108 cm³/mol. The molecule has 0 unspecified atom stereocenters. The number of piperidine rings is 2. The third-order valence-corrected chi connectivity index (χ3v) is 6.68. The molecule has 1 aromatic heterocycles. The van der Waals surface area contributed by atoms with E-state index in [2.05, 4.69) is 21.4 Å². The molecule has 3 heterocycles. The van der Waals surface area contributed by atoms with Crippen LogP contribution in [0.4, 0.5) is 0 Å². The number of aliphatic hydroxyl groups excluding tert-OH is 1. The molecule has 1 N–H and O–H groups in total. The van der Waals surface area contributed by atoms with Gasteiger partial charge in [-0.1, -0.05) is 0 Å². The number of imidazole rings is 1. The molecule has 1 aromatic rings. The van der Waals surface area contributed by atoms with Crippen LogP contribution < -0.4 is 0 Å². The molecule has 0 radical (unpaired) electrons. The van der Waals surface area contributed by atoms with Crippen molar-refractivity contribution in [2.75, 3.05) is 39.4 Å². The van der Waals surface area contributed by atoms with Crippen molar-refractivity contribution in [1.82, 2.24) is 19.4 Å². The van der Waals surface area contributed by atoms with Gasteiger partial charge in [-0.25, -0.2) is 4.98 Å². The van der Waals surface area contributed by atoms with Crippen molar-refractivity contribution in [2.24, 2.45) is 11.3 Å². The van der Waals surface area contributed by atoms with E-state index >= 15 is 0 Å². The van der Waals surface area contributed by atoms with E-state index in [-0.39, 0.29) is 36.6 Å². The number of aromatic nitrogens is 2. The monoisotopic (exact) mass is 392 g/mol. The Kier molecular flexibility index (Phi) is 7.12. The Bertz CT molecular complexity index is 637. The molecule has 0 aromatic carbocycles. The summed E-state index contributed by atoms with van der Waals surface area (Å²) in [6.07, 6.45) is 7.08. The Morgan fingerprint density at radius 2 is 2.04 bits per heavy atom. The van der Waals surface area contributed by atoms with Gasteiger partial charge in [0.1, 0.15) is 6.61 Å². The molecular weight excluding hydrogens is 356 g/mol. The first-order chi connectivity index (χ1) is 13.5. The van der Waals surface area contributed by atoms with Gasteiger partial charge in [0.05, 0.1) is 18.1 Å². The van der Waals surface area contributed by atoms with Crippen LogP contribution in [0, 0.1) is 11.3 Å². The lowest BCUT2D eigenvalue weighted by Crippen LogP contribution is -2.55. The molecule has 2 aliphatic heterocycles. The zero-order chi connectivity index (χ0) is 20.1. The highest BCUT2D eigenvalue weighted by atomic mass is 16.5. The first kappa shape index (κ1) is 21.3. The van der Waals surface area contributed by atoms with E-state index < -0.39 is 0 Å². The molecule has 28 heavy (non-hydrogen) atoms.